The first kappa shape index (κ1) is 12.1. The van der Waals surface area contributed by atoms with Crippen LogP contribution < -0.4 is 0 Å². The number of unbranched alkanes of at least 4 members (excludes halogenated alkanes) is 1. The Bertz CT molecular complexity index is 338. The summed E-state index contributed by atoms with van der Waals surface area (Å²) in [5, 5.41) is 10.3. The van der Waals surface area contributed by atoms with Crippen LogP contribution >= 0.6 is 15.9 Å². The molecule has 1 saturated carbocycles. The molecule has 0 aromatic heterocycles. The van der Waals surface area contributed by atoms with E-state index in [4.69, 9.17) is 0 Å². The van der Waals surface area contributed by atoms with Gasteiger partial charge in [0.2, 0.25) is 0 Å². The van der Waals surface area contributed by atoms with Gasteiger partial charge in [0.15, 0.2) is 0 Å². The van der Waals surface area contributed by atoms with Crippen LogP contribution in [-0.2, 0) is 0 Å². The summed E-state index contributed by atoms with van der Waals surface area (Å²) in [7, 11) is 0. The fraction of sp³-hybridized carbons (Fsp3) is 0.571. The van der Waals surface area contributed by atoms with Gasteiger partial charge < -0.3 is 5.11 Å². The van der Waals surface area contributed by atoms with Crippen molar-refractivity contribution in [2.45, 2.75) is 43.0 Å². The van der Waals surface area contributed by atoms with E-state index in [1.165, 1.54) is 19.3 Å². The van der Waals surface area contributed by atoms with E-state index in [-0.39, 0.29) is 10.4 Å². The molecule has 1 aliphatic carbocycles. The molecular formula is C14H19BrO. The summed E-state index contributed by atoms with van der Waals surface area (Å²) in [6, 6.07) is 9.96. The van der Waals surface area contributed by atoms with Crippen LogP contribution in [0.4, 0.5) is 0 Å². The van der Waals surface area contributed by atoms with E-state index in [9.17, 15) is 5.11 Å². The molecular weight excluding hydrogens is 264 g/mol. The summed E-state index contributed by atoms with van der Waals surface area (Å²) in [4.78, 5) is 0. The smallest absolute Gasteiger partial charge is 0.0945 e. The lowest BCUT2D eigenvalue weighted by Gasteiger charge is -2.18. The Labute approximate surface area is 106 Å². The van der Waals surface area contributed by atoms with Crippen LogP contribution in [0.3, 0.4) is 0 Å². The van der Waals surface area contributed by atoms with Crippen LogP contribution in [0, 0.1) is 5.92 Å². The number of alkyl halides is 1. The third kappa shape index (κ3) is 2.33. The van der Waals surface area contributed by atoms with Crippen molar-refractivity contribution in [3.63, 3.8) is 0 Å². The van der Waals surface area contributed by atoms with Gasteiger partial charge >= 0.3 is 0 Å². The number of halogens is 1. The average molecular weight is 283 g/mol. The molecule has 0 unspecified atom stereocenters. The SMILES string of the molecule is CCCC[C@H]1C[C@@]1(Br)[C@@H](O)c1ccccc1. The monoisotopic (exact) mass is 282 g/mol. The van der Waals surface area contributed by atoms with Crippen LogP contribution in [-0.4, -0.2) is 9.43 Å². The number of aliphatic hydroxyl groups excluding tert-OH is 1. The Hall–Kier alpha value is -0.340. The van der Waals surface area contributed by atoms with Crippen molar-refractivity contribution in [3.05, 3.63) is 35.9 Å². The van der Waals surface area contributed by atoms with Crippen molar-refractivity contribution in [1.82, 2.24) is 0 Å². The van der Waals surface area contributed by atoms with Gasteiger partial charge in [-0.3, -0.25) is 0 Å². The van der Waals surface area contributed by atoms with Crippen molar-refractivity contribution in [3.8, 4) is 0 Å². The maximum Gasteiger partial charge on any atom is 0.0945 e. The fourth-order valence-corrected chi connectivity index (χ4v) is 3.24. The van der Waals surface area contributed by atoms with E-state index in [2.05, 4.69) is 22.9 Å². The molecule has 2 rings (SSSR count). The van der Waals surface area contributed by atoms with Crippen molar-refractivity contribution in [2.75, 3.05) is 0 Å². The third-order valence-corrected chi connectivity index (χ3v) is 4.96. The Morgan fingerprint density at radius 3 is 2.75 bits per heavy atom. The molecule has 0 bridgehead atoms. The molecule has 0 spiro atoms. The maximum absolute atomic E-state index is 10.3. The van der Waals surface area contributed by atoms with E-state index in [1.54, 1.807) is 0 Å². The summed E-state index contributed by atoms with van der Waals surface area (Å²) in [5.41, 5.74) is 1.03. The number of aliphatic hydroxyl groups is 1. The second kappa shape index (κ2) is 4.89. The first-order valence-corrected chi connectivity index (χ1v) is 6.89. The van der Waals surface area contributed by atoms with E-state index in [0.29, 0.717) is 5.92 Å². The Kier molecular flexibility index (Phi) is 3.70. The largest absolute Gasteiger partial charge is 0.387 e. The minimum atomic E-state index is -0.365. The molecule has 1 aromatic rings. The van der Waals surface area contributed by atoms with Crippen molar-refractivity contribution >= 4 is 15.9 Å². The molecule has 88 valence electrons. The van der Waals surface area contributed by atoms with Crippen molar-refractivity contribution in [2.24, 2.45) is 5.92 Å². The highest BCUT2D eigenvalue weighted by Crippen LogP contribution is 2.60. The quantitative estimate of drug-likeness (QED) is 0.808. The summed E-state index contributed by atoms with van der Waals surface area (Å²) in [6.07, 6.45) is 4.46. The predicted molar refractivity (Wildman–Crippen MR) is 70.7 cm³/mol. The molecule has 1 aliphatic rings. The van der Waals surface area contributed by atoms with Gasteiger partial charge in [0.05, 0.1) is 10.4 Å². The van der Waals surface area contributed by atoms with Gasteiger partial charge in [0.1, 0.15) is 0 Å². The maximum atomic E-state index is 10.3. The molecule has 0 heterocycles. The number of rotatable bonds is 5. The highest BCUT2D eigenvalue weighted by atomic mass is 79.9. The standard InChI is InChI=1S/C14H19BrO/c1-2-3-9-12-10-14(12,15)13(16)11-7-5-4-6-8-11/h4-8,12-13,16H,2-3,9-10H2,1H3/t12-,13-,14-/m0/s1. The Balaban J connectivity index is 1.99. The van der Waals surface area contributed by atoms with Crippen molar-refractivity contribution in [1.29, 1.82) is 0 Å². The number of benzene rings is 1. The summed E-state index contributed by atoms with van der Waals surface area (Å²) >= 11 is 3.74. The lowest BCUT2D eigenvalue weighted by atomic mass is 10.0. The van der Waals surface area contributed by atoms with Crippen LogP contribution in [0.1, 0.15) is 44.3 Å². The Morgan fingerprint density at radius 2 is 2.12 bits per heavy atom. The van der Waals surface area contributed by atoms with E-state index >= 15 is 0 Å². The van der Waals surface area contributed by atoms with Gasteiger partial charge in [-0.1, -0.05) is 66.0 Å². The molecule has 0 saturated heterocycles. The van der Waals surface area contributed by atoms with Gasteiger partial charge in [-0.05, 0) is 24.3 Å². The van der Waals surface area contributed by atoms with Gasteiger partial charge in [0, 0.05) is 0 Å². The molecule has 0 radical (unpaired) electrons. The summed E-state index contributed by atoms with van der Waals surface area (Å²) in [6.45, 7) is 2.21. The van der Waals surface area contributed by atoms with Gasteiger partial charge in [-0.2, -0.15) is 0 Å². The molecule has 3 atom stereocenters. The third-order valence-electron chi connectivity index (χ3n) is 3.55. The average Bonchev–Trinajstić information content (AvgIpc) is 2.99. The molecule has 16 heavy (non-hydrogen) atoms. The minimum absolute atomic E-state index is 0.0521. The van der Waals surface area contributed by atoms with Gasteiger partial charge in [0.25, 0.3) is 0 Å². The lowest BCUT2D eigenvalue weighted by molar-refractivity contribution is 0.162. The molecule has 1 N–H and O–H groups in total. The summed E-state index contributed by atoms with van der Waals surface area (Å²) < 4.78 is -0.0521. The second-order valence-corrected chi connectivity index (χ2v) is 6.26. The van der Waals surface area contributed by atoms with E-state index < -0.39 is 0 Å². The number of hydrogen-bond acceptors (Lipinski definition) is 1. The fourth-order valence-electron chi connectivity index (χ4n) is 2.36. The van der Waals surface area contributed by atoms with Gasteiger partial charge in [-0.15, -0.1) is 0 Å². The first-order chi connectivity index (χ1) is 7.68. The molecule has 1 fully saturated rings. The lowest BCUT2D eigenvalue weighted by Crippen LogP contribution is -2.15. The van der Waals surface area contributed by atoms with E-state index in [0.717, 1.165) is 12.0 Å². The molecule has 0 amide bonds. The number of hydrogen-bond donors (Lipinski definition) is 1. The van der Waals surface area contributed by atoms with Crippen LogP contribution in [0.15, 0.2) is 30.3 Å². The Morgan fingerprint density at radius 1 is 1.44 bits per heavy atom. The van der Waals surface area contributed by atoms with Crippen LogP contribution in [0.2, 0.25) is 0 Å². The minimum Gasteiger partial charge on any atom is -0.387 e. The van der Waals surface area contributed by atoms with Crippen LogP contribution in [0.5, 0.6) is 0 Å². The zero-order valence-electron chi connectivity index (χ0n) is 9.70. The van der Waals surface area contributed by atoms with Crippen molar-refractivity contribution < 1.29 is 5.11 Å². The molecule has 0 aliphatic heterocycles. The zero-order valence-corrected chi connectivity index (χ0v) is 11.3. The topological polar surface area (TPSA) is 20.2 Å². The van der Waals surface area contributed by atoms with Crippen LogP contribution in [0.25, 0.3) is 0 Å². The first-order valence-electron chi connectivity index (χ1n) is 6.10. The molecule has 1 nitrogen and oxygen atoms in total. The molecule has 1 aromatic carbocycles. The highest BCUT2D eigenvalue weighted by Gasteiger charge is 2.56. The van der Waals surface area contributed by atoms with Gasteiger partial charge in [-0.25, -0.2) is 0 Å². The highest BCUT2D eigenvalue weighted by molar-refractivity contribution is 9.10. The second-order valence-electron chi connectivity index (χ2n) is 4.78. The normalized spacial score (nSPS) is 30.1. The molecule has 2 heteroatoms. The predicted octanol–water partition coefficient (Wildman–Crippen LogP) is 4.06. The van der Waals surface area contributed by atoms with E-state index in [1.807, 2.05) is 30.3 Å². The zero-order chi connectivity index (χ0) is 11.6. The summed E-state index contributed by atoms with van der Waals surface area (Å²) in [5.74, 6) is 0.641.